The minimum absolute atomic E-state index is 0.106. The molecule has 1 aromatic carbocycles. The van der Waals surface area contributed by atoms with Gasteiger partial charge in [0.1, 0.15) is 6.26 Å². The number of nitrogens with zero attached hydrogens (tertiary/aromatic N) is 2. The second-order valence-electron chi connectivity index (χ2n) is 4.64. The summed E-state index contributed by atoms with van der Waals surface area (Å²) >= 11 is 0. The molecule has 6 heteroatoms. The quantitative estimate of drug-likeness (QED) is 0.642. The molecule has 3 rings (SSSR count). The number of benzene rings is 1. The van der Waals surface area contributed by atoms with Gasteiger partial charge >= 0.3 is 5.97 Å². The first kappa shape index (κ1) is 12.4. The maximum absolute atomic E-state index is 10.8. The van der Waals surface area contributed by atoms with Crippen LogP contribution in [0, 0.1) is 0 Å². The third-order valence-corrected chi connectivity index (χ3v) is 3.41. The van der Waals surface area contributed by atoms with Gasteiger partial charge < -0.3 is 15.4 Å². The molecular weight excluding hydrogens is 258 g/mol. The minimum Gasteiger partial charge on any atom is -0.476 e. The predicted molar refractivity (Wildman–Crippen MR) is 72.6 cm³/mol. The van der Waals surface area contributed by atoms with Crippen molar-refractivity contribution in [3.8, 4) is 11.5 Å². The highest BCUT2D eigenvalue weighted by atomic mass is 16.4. The van der Waals surface area contributed by atoms with Gasteiger partial charge in [0.05, 0.1) is 5.71 Å². The number of carboxylic acids is 1. The van der Waals surface area contributed by atoms with Crippen molar-refractivity contribution in [3.63, 3.8) is 0 Å². The molecule has 1 aliphatic carbocycles. The molecule has 102 valence electrons. The Bertz CT molecular complexity index is 703. The molecule has 1 aromatic heterocycles. The van der Waals surface area contributed by atoms with Crippen LogP contribution in [0.5, 0.6) is 0 Å². The molecule has 3 N–H and O–H groups in total. The smallest absolute Gasteiger partial charge is 0.357 e. The van der Waals surface area contributed by atoms with Crippen molar-refractivity contribution < 1.29 is 14.3 Å². The molecule has 0 radical (unpaired) electrons. The zero-order valence-electron chi connectivity index (χ0n) is 10.7. The van der Waals surface area contributed by atoms with E-state index in [2.05, 4.69) is 10.1 Å². The van der Waals surface area contributed by atoms with Crippen molar-refractivity contribution in [1.29, 1.82) is 0 Å². The van der Waals surface area contributed by atoms with E-state index in [4.69, 9.17) is 15.4 Å². The Kier molecular flexibility index (Phi) is 2.98. The summed E-state index contributed by atoms with van der Waals surface area (Å²) in [4.78, 5) is 14.8. The number of hydrazone groups is 1. The summed E-state index contributed by atoms with van der Waals surface area (Å²) in [7, 11) is 0. The summed E-state index contributed by atoms with van der Waals surface area (Å²) in [5.74, 6) is 4.60. The summed E-state index contributed by atoms with van der Waals surface area (Å²) < 4.78 is 5.21. The molecule has 0 saturated heterocycles. The average Bonchev–Trinajstić information content (AvgIpc) is 2.96. The maximum Gasteiger partial charge on any atom is 0.357 e. The van der Waals surface area contributed by atoms with Crippen molar-refractivity contribution >= 4 is 11.7 Å². The van der Waals surface area contributed by atoms with E-state index < -0.39 is 5.97 Å². The normalized spacial score (nSPS) is 16.1. The molecule has 0 spiro atoms. The number of hydrogen-bond acceptors (Lipinski definition) is 5. The fourth-order valence-electron chi connectivity index (χ4n) is 2.42. The second kappa shape index (κ2) is 4.80. The lowest BCUT2D eigenvalue weighted by atomic mass is 9.89. The molecule has 2 aromatic rings. The van der Waals surface area contributed by atoms with Gasteiger partial charge in [-0.2, -0.15) is 5.10 Å². The number of hydrogen-bond donors (Lipinski definition) is 2. The molecule has 0 aliphatic heterocycles. The zero-order chi connectivity index (χ0) is 14.1. The van der Waals surface area contributed by atoms with E-state index >= 15 is 0 Å². The van der Waals surface area contributed by atoms with Crippen molar-refractivity contribution in [3.05, 3.63) is 41.3 Å². The van der Waals surface area contributed by atoms with Crippen molar-refractivity contribution in [1.82, 2.24) is 4.98 Å². The predicted octanol–water partition coefficient (Wildman–Crippen LogP) is 2.04. The van der Waals surface area contributed by atoms with E-state index in [0.717, 1.165) is 42.4 Å². The number of fused-ring (bicyclic) bond motifs is 1. The van der Waals surface area contributed by atoms with Gasteiger partial charge in [-0.15, -0.1) is 0 Å². The number of aromatic carboxylic acids is 1. The largest absolute Gasteiger partial charge is 0.476 e. The molecule has 0 fully saturated rings. The first-order chi connectivity index (χ1) is 9.69. The summed E-state index contributed by atoms with van der Waals surface area (Å²) in [6.07, 6.45) is 4.00. The van der Waals surface area contributed by atoms with Gasteiger partial charge in [0.15, 0.2) is 5.69 Å². The lowest BCUT2D eigenvalue weighted by molar-refractivity contribution is 0.0690. The Hall–Kier alpha value is -2.63. The fourth-order valence-corrected chi connectivity index (χ4v) is 2.42. The van der Waals surface area contributed by atoms with Crippen molar-refractivity contribution in [2.24, 2.45) is 10.9 Å². The van der Waals surface area contributed by atoms with Gasteiger partial charge in [0.25, 0.3) is 0 Å². The van der Waals surface area contributed by atoms with E-state index in [-0.39, 0.29) is 11.6 Å². The van der Waals surface area contributed by atoms with Crippen LogP contribution < -0.4 is 5.84 Å². The van der Waals surface area contributed by atoms with E-state index in [1.165, 1.54) is 5.56 Å². The Morgan fingerprint density at radius 3 is 2.95 bits per heavy atom. The maximum atomic E-state index is 10.8. The Morgan fingerprint density at radius 1 is 1.40 bits per heavy atom. The van der Waals surface area contributed by atoms with Crippen LogP contribution in [-0.4, -0.2) is 21.8 Å². The van der Waals surface area contributed by atoms with Crippen molar-refractivity contribution in [2.45, 2.75) is 19.3 Å². The van der Waals surface area contributed by atoms with Gasteiger partial charge in [0.2, 0.25) is 5.89 Å². The van der Waals surface area contributed by atoms with Crippen LogP contribution >= 0.6 is 0 Å². The van der Waals surface area contributed by atoms with Crippen LogP contribution in [0.3, 0.4) is 0 Å². The number of carboxylic acid groups (broad SMARTS) is 1. The molecule has 1 heterocycles. The van der Waals surface area contributed by atoms with E-state index in [0.29, 0.717) is 0 Å². The molecule has 6 nitrogen and oxygen atoms in total. The number of oxazole rings is 1. The number of nitrogens with two attached hydrogens (primary N) is 1. The van der Waals surface area contributed by atoms with Gasteiger partial charge in [-0.3, -0.25) is 0 Å². The van der Waals surface area contributed by atoms with Crippen LogP contribution in [0.4, 0.5) is 0 Å². The molecule has 1 aliphatic rings. The van der Waals surface area contributed by atoms with Crippen LogP contribution in [0.1, 0.15) is 34.5 Å². The summed E-state index contributed by atoms with van der Waals surface area (Å²) in [6.45, 7) is 0. The fraction of sp³-hybridized carbons (Fsp3) is 0.214. The molecule has 0 unspecified atom stereocenters. The van der Waals surface area contributed by atoms with E-state index in [1.54, 1.807) is 0 Å². The molecule has 0 amide bonds. The third-order valence-electron chi connectivity index (χ3n) is 3.41. The third kappa shape index (κ3) is 2.05. The van der Waals surface area contributed by atoms with E-state index in [9.17, 15) is 4.79 Å². The first-order valence-corrected chi connectivity index (χ1v) is 6.28. The summed E-state index contributed by atoms with van der Waals surface area (Å²) in [5.41, 5.74) is 3.66. The van der Waals surface area contributed by atoms with Gasteiger partial charge in [-0.1, -0.05) is 6.07 Å². The summed E-state index contributed by atoms with van der Waals surface area (Å²) in [5, 5.41) is 12.7. The van der Waals surface area contributed by atoms with E-state index in [1.807, 2.05) is 18.2 Å². The number of carbonyl (C=O) groups is 1. The minimum atomic E-state index is -1.11. The van der Waals surface area contributed by atoms with Crippen LogP contribution in [0.2, 0.25) is 0 Å². The number of aromatic nitrogens is 1. The molecular formula is C14H13N3O3. The van der Waals surface area contributed by atoms with Crippen LogP contribution in [-0.2, 0) is 6.42 Å². The number of rotatable bonds is 2. The Morgan fingerprint density at radius 2 is 2.25 bits per heavy atom. The average molecular weight is 271 g/mol. The van der Waals surface area contributed by atoms with Gasteiger partial charge in [0, 0.05) is 11.1 Å². The SMILES string of the molecule is N/N=C1\CCCc2ccc(-c3nc(C(=O)O)co3)cc21. The monoisotopic (exact) mass is 271 g/mol. The molecule has 0 atom stereocenters. The summed E-state index contributed by atoms with van der Waals surface area (Å²) in [6, 6.07) is 5.76. The first-order valence-electron chi connectivity index (χ1n) is 6.28. The highest BCUT2D eigenvalue weighted by Gasteiger charge is 2.18. The topological polar surface area (TPSA) is 102 Å². The zero-order valence-corrected chi connectivity index (χ0v) is 10.7. The lowest BCUT2D eigenvalue weighted by Crippen LogP contribution is -2.13. The Labute approximate surface area is 114 Å². The standard InChI is InChI=1S/C14H13N3O3/c15-17-11-3-1-2-8-4-5-9(6-10(8)11)13-16-12(7-20-13)14(18)19/h4-7H,1-3,15H2,(H,18,19)/b17-11+. The van der Waals surface area contributed by atoms with Gasteiger partial charge in [-0.25, -0.2) is 9.78 Å². The number of aryl methyl sites for hydroxylation is 1. The van der Waals surface area contributed by atoms with Crippen LogP contribution in [0.15, 0.2) is 34.0 Å². The van der Waals surface area contributed by atoms with Crippen molar-refractivity contribution in [2.75, 3.05) is 0 Å². The lowest BCUT2D eigenvalue weighted by Gasteiger charge is -2.17. The molecule has 0 bridgehead atoms. The van der Waals surface area contributed by atoms with Gasteiger partial charge in [-0.05, 0) is 37.0 Å². The highest BCUT2D eigenvalue weighted by Crippen LogP contribution is 2.27. The highest BCUT2D eigenvalue weighted by molar-refractivity contribution is 6.03. The second-order valence-corrected chi connectivity index (χ2v) is 4.64. The molecule has 0 saturated carbocycles. The molecule has 20 heavy (non-hydrogen) atoms. The Balaban J connectivity index is 2.05. The van der Waals surface area contributed by atoms with Crippen LogP contribution in [0.25, 0.3) is 11.5 Å².